The topological polar surface area (TPSA) is 88.4 Å². The maximum Gasteiger partial charge on any atom is 0.313 e. The number of anilines is 1. The summed E-state index contributed by atoms with van der Waals surface area (Å²) in [5.41, 5.74) is 0.641. The number of aromatic nitrogens is 3. The minimum atomic E-state index is -0.962. The molecule has 2 heterocycles. The van der Waals surface area contributed by atoms with E-state index in [0.717, 1.165) is 12.1 Å². The quantitative estimate of drug-likeness (QED) is 0.707. The van der Waals surface area contributed by atoms with Crippen molar-refractivity contribution in [3.63, 3.8) is 0 Å². The van der Waals surface area contributed by atoms with Gasteiger partial charge in [0.25, 0.3) is 0 Å². The summed E-state index contributed by atoms with van der Waals surface area (Å²) in [5.74, 6) is -1.97. The van der Waals surface area contributed by atoms with Gasteiger partial charge >= 0.3 is 11.8 Å². The van der Waals surface area contributed by atoms with Gasteiger partial charge in [-0.2, -0.15) is 0 Å². The predicted molar refractivity (Wildman–Crippen MR) is 84.9 cm³/mol. The Bertz CT molecular complexity index is 927. The van der Waals surface area contributed by atoms with Gasteiger partial charge in [-0.15, -0.1) is 10.2 Å². The van der Waals surface area contributed by atoms with Gasteiger partial charge in [0.1, 0.15) is 5.82 Å². The highest BCUT2D eigenvalue weighted by Gasteiger charge is 2.16. The van der Waals surface area contributed by atoms with Crippen molar-refractivity contribution in [1.82, 2.24) is 19.9 Å². The highest BCUT2D eigenvalue weighted by atomic mass is 35.5. The Morgan fingerprint density at radius 3 is 2.83 bits per heavy atom. The van der Waals surface area contributed by atoms with E-state index in [9.17, 15) is 14.0 Å². The van der Waals surface area contributed by atoms with Crippen LogP contribution in [-0.4, -0.2) is 26.4 Å². The molecular weight excluding hydrogens is 337 g/mol. The number of amides is 2. The molecule has 24 heavy (non-hydrogen) atoms. The zero-order chi connectivity index (χ0) is 17.1. The summed E-state index contributed by atoms with van der Waals surface area (Å²) in [6.07, 6.45) is 1.74. The highest BCUT2D eigenvalue weighted by Crippen LogP contribution is 2.22. The second kappa shape index (κ2) is 6.63. The van der Waals surface area contributed by atoms with Crippen molar-refractivity contribution in [3.8, 4) is 0 Å². The van der Waals surface area contributed by atoms with E-state index in [1.54, 1.807) is 22.7 Å². The first kappa shape index (κ1) is 15.9. The van der Waals surface area contributed by atoms with E-state index in [2.05, 4.69) is 20.8 Å². The Kier molecular flexibility index (Phi) is 4.39. The van der Waals surface area contributed by atoms with E-state index in [0.29, 0.717) is 11.5 Å². The van der Waals surface area contributed by atoms with Crippen LogP contribution in [-0.2, 0) is 16.1 Å². The molecule has 0 spiro atoms. The zero-order valence-electron chi connectivity index (χ0n) is 12.2. The van der Waals surface area contributed by atoms with Crippen molar-refractivity contribution in [1.29, 1.82) is 0 Å². The molecule has 0 aliphatic heterocycles. The molecule has 0 atom stereocenters. The van der Waals surface area contributed by atoms with Crippen LogP contribution in [0, 0.1) is 5.82 Å². The molecule has 2 aromatic heterocycles. The molecule has 0 aliphatic rings. The Labute approximate surface area is 140 Å². The van der Waals surface area contributed by atoms with Crippen molar-refractivity contribution in [2.45, 2.75) is 6.54 Å². The van der Waals surface area contributed by atoms with Gasteiger partial charge in [-0.05, 0) is 30.3 Å². The fraction of sp³-hybridized carbons (Fsp3) is 0.0667. The third-order valence-electron chi connectivity index (χ3n) is 3.17. The molecule has 3 aromatic rings. The second-order valence-corrected chi connectivity index (χ2v) is 5.21. The molecule has 0 fully saturated rings. The number of hydrogen-bond acceptors (Lipinski definition) is 4. The molecule has 0 radical (unpaired) electrons. The lowest BCUT2D eigenvalue weighted by molar-refractivity contribution is -0.136. The normalized spacial score (nSPS) is 10.6. The van der Waals surface area contributed by atoms with Crippen molar-refractivity contribution < 1.29 is 14.0 Å². The molecule has 0 aliphatic carbocycles. The van der Waals surface area contributed by atoms with E-state index >= 15 is 0 Å². The number of nitrogens with one attached hydrogen (secondary N) is 2. The van der Waals surface area contributed by atoms with Gasteiger partial charge in [0.2, 0.25) is 0 Å². The minimum absolute atomic E-state index is 0.00825. The van der Waals surface area contributed by atoms with Crippen molar-refractivity contribution in [3.05, 3.63) is 59.3 Å². The largest absolute Gasteiger partial charge is 0.341 e. The SMILES string of the molecule is O=C(NCc1nnc2ccccn12)C(=O)Nc1cc(F)ccc1Cl. The smallest absolute Gasteiger partial charge is 0.313 e. The van der Waals surface area contributed by atoms with Crippen LogP contribution >= 0.6 is 11.6 Å². The molecule has 0 unspecified atom stereocenters. The molecular formula is C15H11ClFN5O2. The minimum Gasteiger partial charge on any atom is -0.341 e. The fourth-order valence-corrected chi connectivity index (χ4v) is 2.19. The first-order chi connectivity index (χ1) is 11.5. The van der Waals surface area contributed by atoms with E-state index in [4.69, 9.17) is 11.6 Å². The predicted octanol–water partition coefficient (Wildman–Crippen LogP) is 1.78. The molecule has 2 amide bonds. The van der Waals surface area contributed by atoms with Crippen LogP contribution < -0.4 is 10.6 Å². The van der Waals surface area contributed by atoms with Crippen LogP contribution in [0.1, 0.15) is 5.82 Å². The fourth-order valence-electron chi connectivity index (χ4n) is 2.02. The van der Waals surface area contributed by atoms with E-state index in [1.165, 1.54) is 6.07 Å². The van der Waals surface area contributed by atoms with Crippen LogP contribution in [0.3, 0.4) is 0 Å². The van der Waals surface area contributed by atoms with E-state index < -0.39 is 17.6 Å². The monoisotopic (exact) mass is 347 g/mol. The summed E-state index contributed by atoms with van der Waals surface area (Å²) in [6, 6.07) is 8.82. The third-order valence-corrected chi connectivity index (χ3v) is 3.50. The molecule has 0 saturated heterocycles. The van der Waals surface area contributed by atoms with Gasteiger partial charge in [-0.3, -0.25) is 14.0 Å². The summed E-state index contributed by atoms with van der Waals surface area (Å²) in [4.78, 5) is 23.7. The number of nitrogens with zero attached hydrogens (tertiary/aromatic N) is 3. The lowest BCUT2D eigenvalue weighted by Gasteiger charge is -2.07. The lowest BCUT2D eigenvalue weighted by Crippen LogP contribution is -2.35. The molecule has 7 nitrogen and oxygen atoms in total. The van der Waals surface area contributed by atoms with Crippen LogP contribution in [0.2, 0.25) is 5.02 Å². The molecule has 0 bridgehead atoms. The number of rotatable bonds is 3. The Balaban J connectivity index is 1.64. The maximum absolute atomic E-state index is 13.2. The first-order valence-electron chi connectivity index (χ1n) is 6.87. The number of benzene rings is 1. The number of halogens is 2. The standard InChI is InChI=1S/C15H11ClFN5O2/c16-10-5-4-9(17)7-11(10)19-15(24)14(23)18-8-13-21-20-12-3-1-2-6-22(12)13/h1-7H,8H2,(H,18,23)(H,19,24). The van der Waals surface area contributed by atoms with Gasteiger partial charge in [0, 0.05) is 6.20 Å². The lowest BCUT2D eigenvalue weighted by atomic mass is 10.3. The average Bonchev–Trinajstić information content (AvgIpc) is 2.99. The van der Waals surface area contributed by atoms with Crippen molar-refractivity contribution in [2.75, 3.05) is 5.32 Å². The first-order valence-corrected chi connectivity index (χ1v) is 7.25. The molecule has 1 aromatic carbocycles. The van der Waals surface area contributed by atoms with Crippen LogP contribution in [0.25, 0.3) is 5.65 Å². The number of carbonyl (C=O) groups excluding carboxylic acids is 2. The highest BCUT2D eigenvalue weighted by molar-refractivity contribution is 6.41. The Hall–Kier alpha value is -3.00. The molecule has 2 N–H and O–H groups in total. The number of pyridine rings is 1. The number of fused-ring (bicyclic) bond motifs is 1. The van der Waals surface area contributed by atoms with Crippen molar-refractivity contribution in [2.24, 2.45) is 0 Å². The van der Waals surface area contributed by atoms with Crippen molar-refractivity contribution >= 4 is 34.7 Å². The molecule has 122 valence electrons. The zero-order valence-corrected chi connectivity index (χ0v) is 12.9. The van der Waals surface area contributed by atoms with E-state index in [1.807, 2.05) is 6.07 Å². The van der Waals surface area contributed by atoms with Crippen LogP contribution in [0.15, 0.2) is 42.6 Å². The maximum atomic E-state index is 13.2. The summed E-state index contributed by atoms with van der Waals surface area (Å²) >= 11 is 5.83. The third kappa shape index (κ3) is 3.33. The van der Waals surface area contributed by atoms with Gasteiger partial charge in [0.05, 0.1) is 17.3 Å². The Morgan fingerprint density at radius 1 is 1.17 bits per heavy atom. The van der Waals surface area contributed by atoms with Gasteiger partial charge in [-0.1, -0.05) is 17.7 Å². The number of carbonyl (C=O) groups is 2. The number of hydrogen-bond donors (Lipinski definition) is 2. The second-order valence-electron chi connectivity index (χ2n) is 4.81. The summed E-state index contributed by atoms with van der Waals surface area (Å²) in [7, 11) is 0. The summed E-state index contributed by atoms with van der Waals surface area (Å²) < 4.78 is 14.8. The summed E-state index contributed by atoms with van der Waals surface area (Å²) in [5, 5.41) is 12.7. The molecule has 3 rings (SSSR count). The van der Waals surface area contributed by atoms with Gasteiger partial charge < -0.3 is 10.6 Å². The Morgan fingerprint density at radius 2 is 2.00 bits per heavy atom. The van der Waals surface area contributed by atoms with Gasteiger partial charge in [0.15, 0.2) is 11.5 Å². The van der Waals surface area contributed by atoms with E-state index in [-0.39, 0.29) is 17.3 Å². The van der Waals surface area contributed by atoms with Crippen LogP contribution in [0.4, 0.5) is 10.1 Å². The van der Waals surface area contributed by atoms with Gasteiger partial charge in [-0.25, -0.2) is 4.39 Å². The summed E-state index contributed by atoms with van der Waals surface area (Å²) in [6.45, 7) is 0.00825. The van der Waals surface area contributed by atoms with Crippen LogP contribution in [0.5, 0.6) is 0 Å². The molecule has 9 heteroatoms. The average molecular weight is 348 g/mol. The molecule has 0 saturated carbocycles.